The van der Waals surface area contributed by atoms with Crippen LogP contribution in [-0.2, 0) is 6.54 Å². The summed E-state index contributed by atoms with van der Waals surface area (Å²) in [6, 6.07) is 16.1. The minimum atomic E-state index is -0.0894. The van der Waals surface area contributed by atoms with Crippen LogP contribution >= 0.6 is 11.3 Å². The van der Waals surface area contributed by atoms with Crippen LogP contribution in [0.3, 0.4) is 0 Å². The van der Waals surface area contributed by atoms with Gasteiger partial charge in [0, 0.05) is 12.2 Å². The van der Waals surface area contributed by atoms with Gasteiger partial charge in [-0.15, -0.1) is 0 Å². The molecule has 5 nitrogen and oxygen atoms in total. The number of rotatable bonds is 5. The topological polar surface area (TPSA) is 51.0 Å². The number of fused-ring (bicyclic) bond motifs is 1. The van der Waals surface area contributed by atoms with E-state index >= 15 is 0 Å². The third-order valence-electron chi connectivity index (χ3n) is 5.11. The van der Waals surface area contributed by atoms with Gasteiger partial charge >= 0.3 is 0 Å². The SMILES string of the molecule is Cc1ccc2sc(N(Cc3ccccc3)C(=O)c3ccnn3C(C)C)nc2c1C. The standard InChI is InChI=1S/C23H24N4OS/c1-15(2)27-19(12-13-24-27)22(28)26(14-18-8-6-5-7-9-18)23-25-21-17(4)16(3)10-11-20(21)29-23/h5-13,15H,14H2,1-4H3. The Labute approximate surface area is 174 Å². The Bertz CT molecular complexity index is 1160. The summed E-state index contributed by atoms with van der Waals surface area (Å²) >= 11 is 1.55. The Morgan fingerprint density at radius 1 is 1.10 bits per heavy atom. The number of anilines is 1. The first-order valence-electron chi connectivity index (χ1n) is 9.71. The van der Waals surface area contributed by atoms with Crippen molar-refractivity contribution in [2.45, 2.75) is 40.3 Å². The Morgan fingerprint density at radius 3 is 2.59 bits per heavy atom. The molecule has 29 heavy (non-hydrogen) atoms. The van der Waals surface area contributed by atoms with Gasteiger partial charge in [0.1, 0.15) is 5.69 Å². The lowest BCUT2D eigenvalue weighted by molar-refractivity contribution is 0.0973. The molecule has 6 heteroatoms. The van der Waals surface area contributed by atoms with E-state index in [0.29, 0.717) is 17.4 Å². The van der Waals surface area contributed by atoms with Crippen molar-refractivity contribution in [3.8, 4) is 0 Å². The molecule has 0 radical (unpaired) electrons. The van der Waals surface area contributed by atoms with Crippen molar-refractivity contribution in [2.24, 2.45) is 0 Å². The molecule has 4 aromatic rings. The predicted molar refractivity (Wildman–Crippen MR) is 119 cm³/mol. The van der Waals surface area contributed by atoms with Gasteiger partial charge in [-0.25, -0.2) is 4.98 Å². The molecule has 0 aliphatic heterocycles. The van der Waals surface area contributed by atoms with E-state index in [4.69, 9.17) is 4.98 Å². The van der Waals surface area contributed by atoms with Crippen LogP contribution in [0.5, 0.6) is 0 Å². The Balaban J connectivity index is 1.81. The molecule has 0 aliphatic carbocycles. The lowest BCUT2D eigenvalue weighted by Crippen LogP contribution is -2.32. The van der Waals surface area contributed by atoms with E-state index in [0.717, 1.165) is 21.3 Å². The van der Waals surface area contributed by atoms with Crippen molar-refractivity contribution >= 4 is 32.6 Å². The summed E-state index contributed by atoms with van der Waals surface area (Å²) in [6.45, 7) is 8.67. The summed E-state index contributed by atoms with van der Waals surface area (Å²) in [4.78, 5) is 20.2. The van der Waals surface area contributed by atoms with Crippen LogP contribution in [0.4, 0.5) is 5.13 Å². The molecule has 0 atom stereocenters. The molecule has 2 aromatic heterocycles. The van der Waals surface area contributed by atoms with E-state index in [-0.39, 0.29) is 11.9 Å². The molecule has 0 unspecified atom stereocenters. The maximum absolute atomic E-state index is 13.6. The van der Waals surface area contributed by atoms with Crippen molar-refractivity contribution in [3.63, 3.8) is 0 Å². The molecule has 1 amide bonds. The first-order chi connectivity index (χ1) is 14.0. The minimum Gasteiger partial charge on any atom is -0.278 e. The highest BCUT2D eigenvalue weighted by molar-refractivity contribution is 7.22. The molecular formula is C23H24N4OS. The van der Waals surface area contributed by atoms with Gasteiger partial charge < -0.3 is 0 Å². The van der Waals surface area contributed by atoms with Gasteiger partial charge in [-0.3, -0.25) is 14.4 Å². The zero-order chi connectivity index (χ0) is 20.5. The number of amides is 1. The summed E-state index contributed by atoms with van der Waals surface area (Å²) in [6.07, 6.45) is 1.68. The number of nitrogens with zero attached hydrogens (tertiary/aromatic N) is 4. The highest BCUT2D eigenvalue weighted by Gasteiger charge is 2.25. The van der Waals surface area contributed by atoms with E-state index in [1.807, 2.05) is 44.2 Å². The zero-order valence-electron chi connectivity index (χ0n) is 17.1. The van der Waals surface area contributed by atoms with Gasteiger partial charge in [0.2, 0.25) is 0 Å². The molecular weight excluding hydrogens is 380 g/mol. The van der Waals surface area contributed by atoms with Crippen LogP contribution in [0.25, 0.3) is 10.2 Å². The second kappa shape index (κ2) is 7.79. The average Bonchev–Trinajstić information content (AvgIpc) is 3.37. The molecule has 0 saturated carbocycles. The van der Waals surface area contributed by atoms with Gasteiger partial charge in [-0.1, -0.05) is 47.7 Å². The van der Waals surface area contributed by atoms with Crippen LogP contribution in [-0.4, -0.2) is 20.7 Å². The summed E-state index contributed by atoms with van der Waals surface area (Å²) in [7, 11) is 0. The quantitative estimate of drug-likeness (QED) is 0.439. The summed E-state index contributed by atoms with van der Waals surface area (Å²) < 4.78 is 2.86. The fraction of sp³-hybridized carbons (Fsp3) is 0.261. The van der Waals surface area contributed by atoms with E-state index in [1.54, 1.807) is 33.2 Å². The van der Waals surface area contributed by atoms with Crippen molar-refractivity contribution in [1.82, 2.24) is 14.8 Å². The first-order valence-corrected chi connectivity index (χ1v) is 10.5. The predicted octanol–water partition coefficient (Wildman–Crippen LogP) is 5.54. The second-order valence-corrected chi connectivity index (χ2v) is 8.49. The van der Waals surface area contributed by atoms with Crippen molar-refractivity contribution in [3.05, 3.63) is 77.1 Å². The number of carbonyl (C=O) groups is 1. The van der Waals surface area contributed by atoms with Crippen LogP contribution < -0.4 is 4.90 Å². The Hall–Kier alpha value is -2.99. The monoisotopic (exact) mass is 404 g/mol. The first kappa shape index (κ1) is 19.3. The van der Waals surface area contributed by atoms with Gasteiger partial charge in [0.15, 0.2) is 5.13 Å². The number of carbonyl (C=O) groups excluding carboxylic acids is 1. The molecule has 2 aromatic carbocycles. The van der Waals surface area contributed by atoms with Crippen molar-refractivity contribution < 1.29 is 4.79 Å². The third kappa shape index (κ3) is 3.68. The Kier molecular flexibility index (Phi) is 5.20. The fourth-order valence-electron chi connectivity index (χ4n) is 3.36. The molecule has 0 N–H and O–H groups in total. The number of aromatic nitrogens is 3. The number of thiazole rings is 1. The molecule has 148 valence electrons. The van der Waals surface area contributed by atoms with Crippen LogP contribution in [0.1, 0.15) is 47.1 Å². The number of benzene rings is 2. The molecule has 4 rings (SSSR count). The highest BCUT2D eigenvalue weighted by Crippen LogP contribution is 2.33. The van der Waals surface area contributed by atoms with E-state index in [2.05, 4.69) is 31.1 Å². The summed E-state index contributed by atoms with van der Waals surface area (Å²) in [5.41, 5.74) is 4.96. The minimum absolute atomic E-state index is 0.0894. The Morgan fingerprint density at radius 2 is 1.86 bits per heavy atom. The maximum atomic E-state index is 13.6. The lowest BCUT2D eigenvalue weighted by atomic mass is 10.1. The van der Waals surface area contributed by atoms with Crippen LogP contribution in [0.2, 0.25) is 0 Å². The van der Waals surface area contributed by atoms with Gasteiger partial charge in [0.25, 0.3) is 5.91 Å². The third-order valence-corrected chi connectivity index (χ3v) is 6.16. The highest BCUT2D eigenvalue weighted by atomic mass is 32.1. The van der Waals surface area contributed by atoms with Crippen LogP contribution in [0, 0.1) is 13.8 Å². The molecule has 2 heterocycles. The van der Waals surface area contributed by atoms with Gasteiger partial charge in [-0.05, 0) is 56.5 Å². The van der Waals surface area contributed by atoms with E-state index in [1.165, 1.54) is 5.56 Å². The van der Waals surface area contributed by atoms with Crippen LogP contribution in [0.15, 0.2) is 54.7 Å². The van der Waals surface area contributed by atoms with E-state index < -0.39 is 0 Å². The number of hydrogen-bond acceptors (Lipinski definition) is 4. The summed E-state index contributed by atoms with van der Waals surface area (Å²) in [5.74, 6) is -0.0894. The smallest absolute Gasteiger partial charge is 0.278 e. The molecule has 0 saturated heterocycles. The normalized spacial score (nSPS) is 11.3. The largest absolute Gasteiger partial charge is 0.278 e. The molecule has 0 bridgehead atoms. The number of aryl methyl sites for hydroxylation is 2. The van der Waals surface area contributed by atoms with Gasteiger partial charge in [0.05, 0.1) is 16.8 Å². The van der Waals surface area contributed by atoms with E-state index in [9.17, 15) is 4.79 Å². The van der Waals surface area contributed by atoms with Crippen molar-refractivity contribution in [1.29, 1.82) is 0 Å². The zero-order valence-corrected chi connectivity index (χ0v) is 17.9. The molecule has 0 spiro atoms. The molecule has 0 aliphatic rings. The number of hydrogen-bond donors (Lipinski definition) is 0. The average molecular weight is 405 g/mol. The summed E-state index contributed by atoms with van der Waals surface area (Å²) in [5, 5.41) is 5.05. The van der Waals surface area contributed by atoms with Gasteiger partial charge in [-0.2, -0.15) is 5.10 Å². The van der Waals surface area contributed by atoms with Crippen molar-refractivity contribution in [2.75, 3.05) is 4.90 Å². The maximum Gasteiger partial charge on any atom is 0.278 e. The molecule has 0 fully saturated rings. The second-order valence-electron chi connectivity index (χ2n) is 7.48. The lowest BCUT2D eigenvalue weighted by Gasteiger charge is -2.21. The fourth-order valence-corrected chi connectivity index (χ4v) is 4.38.